The van der Waals surface area contributed by atoms with Crippen LogP contribution in [-0.2, 0) is 0 Å². The number of nitrogens with one attached hydrogen (secondary N) is 2. The number of benzene rings is 2. The largest absolute Gasteiger partial charge is 0.362 e. The van der Waals surface area contributed by atoms with Gasteiger partial charge in [-0.3, -0.25) is 4.79 Å². The molecular formula is C24H27Cl2N5O. The summed E-state index contributed by atoms with van der Waals surface area (Å²) in [6.45, 7) is 0.815. The molecule has 0 atom stereocenters. The Kier molecular flexibility index (Phi) is 7.01. The molecule has 2 aromatic carbocycles. The predicted molar refractivity (Wildman–Crippen MR) is 132 cm³/mol. The third-order valence-corrected chi connectivity index (χ3v) is 6.30. The molecule has 0 spiro atoms. The van der Waals surface area contributed by atoms with Crippen molar-refractivity contribution in [2.45, 2.75) is 31.7 Å². The maximum absolute atomic E-state index is 12.5. The van der Waals surface area contributed by atoms with E-state index in [-0.39, 0.29) is 11.9 Å². The molecule has 0 aliphatic heterocycles. The van der Waals surface area contributed by atoms with Gasteiger partial charge >= 0.3 is 0 Å². The average Bonchev–Trinajstić information content (AvgIpc) is 2.77. The van der Waals surface area contributed by atoms with Crippen molar-refractivity contribution in [2.75, 3.05) is 30.9 Å². The van der Waals surface area contributed by atoms with E-state index in [4.69, 9.17) is 28.2 Å². The third kappa shape index (κ3) is 5.43. The summed E-state index contributed by atoms with van der Waals surface area (Å²) < 4.78 is 0. The number of fused-ring (bicyclic) bond motifs is 1. The number of nitrogens with zero attached hydrogens (tertiary/aromatic N) is 3. The van der Waals surface area contributed by atoms with Crippen LogP contribution in [-0.4, -0.2) is 42.6 Å². The summed E-state index contributed by atoms with van der Waals surface area (Å²) >= 11 is 12.0. The summed E-state index contributed by atoms with van der Waals surface area (Å²) in [6, 6.07) is 13.1. The lowest BCUT2D eigenvalue weighted by Crippen LogP contribution is -2.38. The Labute approximate surface area is 198 Å². The Morgan fingerprint density at radius 2 is 1.72 bits per heavy atom. The fraction of sp³-hybridized carbons (Fsp3) is 0.375. The van der Waals surface area contributed by atoms with Crippen molar-refractivity contribution in [2.24, 2.45) is 5.92 Å². The third-order valence-electron chi connectivity index (χ3n) is 5.86. The van der Waals surface area contributed by atoms with Gasteiger partial charge in [0.15, 0.2) is 0 Å². The van der Waals surface area contributed by atoms with Crippen molar-refractivity contribution in [3.05, 3.63) is 58.1 Å². The van der Waals surface area contributed by atoms with Crippen LogP contribution in [0.25, 0.3) is 10.9 Å². The van der Waals surface area contributed by atoms with Gasteiger partial charge in [0.1, 0.15) is 5.82 Å². The number of para-hydroxylation sites is 1. The topological polar surface area (TPSA) is 70.2 Å². The van der Waals surface area contributed by atoms with E-state index in [0.29, 0.717) is 27.5 Å². The van der Waals surface area contributed by atoms with Crippen LogP contribution in [0.5, 0.6) is 0 Å². The van der Waals surface area contributed by atoms with Crippen LogP contribution in [0.1, 0.15) is 36.0 Å². The molecule has 0 radical (unpaired) electrons. The highest BCUT2D eigenvalue weighted by molar-refractivity contribution is 6.35. The number of carbonyl (C=O) groups excluding carboxylic acids is 1. The van der Waals surface area contributed by atoms with E-state index >= 15 is 0 Å². The highest BCUT2D eigenvalue weighted by Crippen LogP contribution is 2.27. The molecule has 4 rings (SSSR count). The first-order valence-electron chi connectivity index (χ1n) is 10.8. The maximum Gasteiger partial charge on any atom is 0.251 e. The molecule has 8 heteroatoms. The Morgan fingerprint density at radius 1 is 1.03 bits per heavy atom. The molecule has 1 aromatic heterocycles. The molecule has 0 saturated heterocycles. The smallest absolute Gasteiger partial charge is 0.251 e. The first-order valence-corrected chi connectivity index (χ1v) is 11.6. The second-order valence-corrected chi connectivity index (χ2v) is 9.39. The maximum atomic E-state index is 12.5. The summed E-state index contributed by atoms with van der Waals surface area (Å²) in [4.78, 5) is 23.9. The van der Waals surface area contributed by atoms with Gasteiger partial charge in [-0.15, -0.1) is 0 Å². The van der Waals surface area contributed by atoms with Crippen LogP contribution in [0.15, 0.2) is 42.5 Å². The number of hydrogen-bond acceptors (Lipinski definition) is 5. The molecule has 1 aliphatic carbocycles. The number of hydrogen-bond donors (Lipinski definition) is 2. The van der Waals surface area contributed by atoms with Gasteiger partial charge in [0.25, 0.3) is 5.91 Å². The molecule has 1 heterocycles. The molecule has 0 unspecified atom stereocenters. The molecule has 1 saturated carbocycles. The van der Waals surface area contributed by atoms with Gasteiger partial charge in [-0.1, -0.05) is 35.3 Å². The molecule has 1 amide bonds. The van der Waals surface area contributed by atoms with Crippen molar-refractivity contribution in [1.82, 2.24) is 15.3 Å². The van der Waals surface area contributed by atoms with Crippen molar-refractivity contribution in [3.8, 4) is 0 Å². The van der Waals surface area contributed by atoms with Gasteiger partial charge in [0, 0.05) is 47.7 Å². The van der Waals surface area contributed by atoms with E-state index in [9.17, 15) is 4.79 Å². The second-order valence-electron chi connectivity index (χ2n) is 8.51. The van der Waals surface area contributed by atoms with E-state index in [2.05, 4.69) is 15.6 Å². The molecule has 1 fully saturated rings. The molecule has 32 heavy (non-hydrogen) atoms. The van der Waals surface area contributed by atoms with Crippen molar-refractivity contribution in [1.29, 1.82) is 0 Å². The van der Waals surface area contributed by atoms with Gasteiger partial charge < -0.3 is 15.5 Å². The molecular weight excluding hydrogens is 445 g/mol. The Bertz CT molecular complexity index is 1090. The Morgan fingerprint density at radius 3 is 2.41 bits per heavy atom. The lowest BCUT2D eigenvalue weighted by atomic mass is 9.86. The minimum Gasteiger partial charge on any atom is -0.362 e. The standard InChI is InChI=1S/C24H27Cl2N5O/c1-31(2)22-20-5-3-4-6-21(20)29-24(30-22)27-14-15-7-9-19(10-8-15)28-23(32)16-11-17(25)13-18(26)12-16/h3-6,11-13,15,19H,7-10,14H2,1-2H3,(H,28,32)(H,27,29,30)/t15-,19+. The zero-order chi connectivity index (χ0) is 22.7. The van der Waals surface area contributed by atoms with E-state index < -0.39 is 0 Å². The normalized spacial score (nSPS) is 18.4. The van der Waals surface area contributed by atoms with E-state index in [0.717, 1.165) is 48.9 Å². The lowest BCUT2D eigenvalue weighted by molar-refractivity contribution is 0.0922. The number of aromatic nitrogens is 2. The van der Waals surface area contributed by atoms with Crippen LogP contribution in [0.2, 0.25) is 10.0 Å². The number of amides is 1. The van der Waals surface area contributed by atoms with Crippen LogP contribution in [0.3, 0.4) is 0 Å². The first-order chi connectivity index (χ1) is 15.4. The van der Waals surface area contributed by atoms with Gasteiger partial charge in [0.05, 0.1) is 5.52 Å². The monoisotopic (exact) mass is 471 g/mol. The quantitative estimate of drug-likeness (QED) is 0.503. The number of halogens is 2. The summed E-state index contributed by atoms with van der Waals surface area (Å²) in [5.74, 6) is 1.95. The second kappa shape index (κ2) is 9.92. The van der Waals surface area contributed by atoms with Gasteiger partial charge in [-0.25, -0.2) is 4.98 Å². The Hall–Kier alpha value is -2.57. The highest BCUT2D eigenvalue weighted by atomic mass is 35.5. The minimum atomic E-state index is -0.128. The summed E-state index contributed by atoms with van der Waals surface area (Å²) in [5, 5.41) is 8.52. The fourth-order valence-corrected chi connectivity index (χ4v) is 4.71. The van der Waals surface area contributed by atoms with Crippen molar-refractivity contribution >= 4 is 51.8 Å². The van der Waals surface area contributed by atoms with E-state index in [1.54, 1.807) is 18.2 Å². The van der Waals surface area contributed by atoms with Crippen molar-refractivity contribution < 1.29 is 4.79 Å². The fourth-order valence-electron chi connectivity index (χ4n) is 4.18. The van der Waals surface area contributed by atoms with E-state index in [1.807, 2.05) is 43.3 Å². The van der Waals surface area contributed by atoms with Crippen LogP contribution >= 0.6 is 23.2 Å². The number of carbonyl (C=O) groups is 1. The van der Waals surface area contributed by atoms with Crippen LogP contribution in [0.4, 0.5) is 11.8 Å². The number of rotatable bonds is 6. The van der Waals surface area contributed by atoms with E-state index in [1.165, 1.54) is 0 Å². The first kappa shape index (κ1) is 22.6. The summed E-state index contributed by atoms with van der Waals surface area (Å²) in [7, 11) is 3.98. The highest BCUT2D eigenvalue weighted by Gasteiger charge is 2.23. The molecule has 1 aliphatic rings. The van der Waals surface area contributed by atoms with Crippen LogP contribution < -0.4 is 15.5 Å². The SMILES string of the molecule is CN(C)c1nc(NC[C@H]2CC[C@@H](NC(=O)c3cc(Cl)cc(Cl)c3)CC2)nc2ccccc12. The Balaban J connectivity index is 1.31. The molecule has 2 N–H and O–H groups in total. The molecule has 0 bridgehead atoms. The molecule has 168 valence electrons. The zero-order valence-corrected chi connectivity index (χ0v) is 19.7. The molecule has 6 nitrogen and oxygen atoms in total. The predicted octanol–water partition coefficient (Wildman–Crippen LogP) is 5.40. The minimum absolute atomic E-state index is 0.128. The molecule has 3 aromatic rings. The summed E-state index contributed by atoms with van der Waals surface area (Å²) in [5.41, 5.74) is 1.43. The number of anilines is 2. The van der Waals surface area contributed by atoms with Gasteiger partial charge in [0.2, 0.25) is 5.95 Å². The van der Waals surface area contributed by atoms with Gasteiger partial charge in [-0.2, -0.15) is 4.98 Å². The zero-order valence-electron chi connectivity index (χ0n) is 18.2. The van der Waals surface area contributed by atoms with Crippen LogP contribution in [0, 0.1) is 5.92 Å². The lowest BCUT2D eigenvalue weighted by Gasteiger charge is -2.29. The summed E-state index contributed by atoms with van der Waals surface area (Å²) in [6.07, 6.45) is 3.94. The average molecular weight is 472 g/mol. The van der Waals surface area contributed by atoms with Crippen molar-refractivity contribution in [3.63, 3.8) is 0 Å². The van der Waals surface area contributed by atoms with Gasteiger partial charge in [-0.05, 0) is 61.9 Å².